The molecule has 0 spiro atoms. The first-order valence-electron chi connectivity index (χ1n) is 6.89. The molecule has 19 heavy (non-hydrogen) atoms. The first-order valence-corrected chi connectivity index (χ1v) is 6.89. The van der Waals surface area contributed by atoms with Gasteiger partial charge in [0.05, 0.1) is 0 Å². The highest BCUT2D eigenvalue weighted by atomic mass is 16.3. The quantitative estimate of drug-likeness (QED) is 0.831. The normalized spacial score (nSPS) is 16.2. The molecule has 0 saturated carbocycles. The fraction of sp³-hybridized carbons (Fsp3) is 0.375. The molecule has 0 aromatic heterocycles. The van der Waals surface area contributed by atoms with Crippen molar-refractivity contribution in [1.29, 1.82) is 0 Å². The van der Waals surface area contributed by atoms with E-state index < -0.39 is 0 Å². The van der Waals surface area contributed by atoms with Crippen LogP contribution < -0.4 is 0 Å². The monoisotopic (exact) mass is 257 g/mol. The standard InChI is InChI=1S/C16H19NO2/c18-15-10-13-4-3-12(9-14(13)11-16(15)19)5-8-17-6-1-2-7-17/h3-4,9-11,18-19H,1-2,5-8H2. The minimum Gasteiger partial charge on any atom is -0.504 e. The van der Waals surface area contributed by atoms with E-state index in [1.807, 2.05) is 6.07 Å². The number of fused-ring (bicyclic) bond motifs is 1. The Morgan fingerprint density at radius 3 is 2.32 bits per heavy atom. The highest BCUT2D eigenvalue weighted by Crippen LogP contribution is 2.30. The maximum absolute atomic E-state index is 9.55. The summed E-state index contributed by atoms with van der Waals surface area (Å²) in [6, 6.07) is 9.45. The molecule has 3 nitrogen and oxygen atoms in total. The smallest absolute Gasteiger partial charge is 0.158 e. The third kappa shape index (κ3) is 2.66. The zero-order valence-electron chi connectivity index (χ0n) is 11.0. The van der Waals surface area contributed by atoms with Gasteiger partial charge in [-0.05, 0) is 60.8 Å². The molecule has 3 heteroatoms. The van der Waals surface area contributed by atoms with Gasteiger partial charge in [-0.1, -0.05) is 18.2 Å². The third-order valence-corrected chi connectivity index (χ3v) is 3.91. The van der Waals surface area contributed by atoms with Crippen LogP contribution in [0.4, 0.5) is 0 Å². The van der Waals surface area contributed by atoms with Crippen LogP contribution in [0.15, 0.2) is 30.3 Å². The molecule has 0 bridgehead atoms. The summed E-state index contributed by atoms with van der Waals surface area (Å²) in [6.07, 6.45) is 3.69. The Labute approximate surface area is 113 Å². The Kier molecular flexibility index (Phi) is 3.30. The fourth-order valence-corrected chi connectivity index (χ4v) is 2.77. The van der Waals surface area contributed by atoms with Gasteiger partial charge < -0.3 is 15.1 Å². The van der Waals surface area contributed by atoms with E-state index in [0.29, 0.717) is 0 Å². The fourth-order valence-electron chi connectivity index (χ4n) is 2.77. The zero-order valence-corrected chi connectivity index (χ0v) is 11.0. The molecular formula is C16H19NO2. The first-order chi connectivity index (χ1) is 9.22. The molecule has 1 aliphatic heterocycles. The van der Waals surface area contributed by atoms with Crippen LogP contribution in [0.25, 0.3) is 10.8 Å². The second kappa shape index (κ2) is 5.10. The maximum Gasteiger partial charge on any atom is 0.158 e. The molecule has 3 rings (SSSR count). The van der Waals surface area contributed by atoms with Crippen molar-refractivity contribution in [3.63, 3.8) is 0 Å². The second-order valence-corrected chi connectivity index (χ2v) is 5.32. The number of aromatic hydroxyl groups is 2. The average molecular weight is 257 g/mol. The highest BCUT2D eigenvalue weighted by molar-refractivity contribution is 5.86. The van der Waals surface area contributed by atoms with Crippen LogP contribution in [-0.2, 0) is 6.42 Å². The van der Waals surface area contributed by atoms with Crippen LogP contribution in [-0.4, -0.2) is 34.7 Å². The molecule has 0 unspecified atom stereocenters. The van der Waals surface area contributed by atoms with Crippen molar-refractivity contribution < 1.29 is 10.2 Å². The van der Waals surface area contributed by atoms with Gasteiger partial charge >= 0.3 is 0 Å². The summed E-state index contributed by atoms with van der Waals surface area (Å²) in [6.45, 7) is 3.56. The van der Waals surface area contributed by atoms with Gasteiger partial charge in [0.2, 0.25) is 0 Å². The van der Waals surface area contributed by atoms with E-state index in [2.05, 4.69) is 17.0 Å². The Morgan fingerprint density at radius 2 is 1.58 bits per heavy atom. The van der Waals surface area contributed by atoms with Gasteiger partial charge in [0.25, 0.3) is 0 Å². The number of benzene rings is 2. The van der Waals surface area contributed by atoms with Crippen molar-refractivity contribution in [3.05, 3.63) is 35.9 Å². The molecule has 0 radical (unpaired) electrons. The van der Waals surface area contributed by atoms with E-state index in [4.69, 9.17) is 0 Å². The molecule has 100 valence electrons. The van der Waals surface area contributed by atoms with E-state index in [1.165, 1.54) is 31.5 Å². The van der Waals surface area contributed by atoms with Crippen molar-refractivity contribution in [2.75, 3.05) is 19.6 Å². The largest absolute Gasteiger partial charge is 0.504 e. The third-order valence-electron chi connectivity index (χ3n) is 3.91. The molecule has 0 atom stereocenters. The predicted octanol–water partition coefficient (Wildman–Crippen LogP) is 2.89. The van der Waals surface area contributed by atoms with Crippen LogP contribution in [0.2, 0.25) is 0 Å². The first kappa shape index (κ1) is 12.3. The Balaban J connectivity index is 1.78. The van der Waals surface area contributed by atoms with Gasteiger partial charge in [-0.25, -0.2) is 0 Å². The Bertz CT molecular complexity index is 589. The minimum atomic E-state index is -0.0580. The van der Waals surface area contributed by atoms with Crippen molar-refractivity contribution in [1.82, 2.24) is 4.90 Å². The van der Waals surface area contributed by atoms with Gasteiger partial charge in [0.15, 0.2) is 11.5 Å². The van der Waals surface area contributed by atoms with Crippen molar-refractivity contribution in [2.45, 2.75) is 19.3 Å². The summed E-state index contributed by atoms with van der Waals surface area (Å²) < 4.78 is 0. The molecular weight excluding hydrogens is 238 g/mol. The average Bonchev–Trinajstić information content (AvgIpc) is 2.91. The van der Waals surface area contributed by atoms with Crippen molar-refractivity contribution in [2.24, 2.45) is 0 Å². The van der Waals surface area contributed by atoms with E-state index >= 15 is 0 Å². The van der Waals surface area contributed by atoms with E-state index in [9.17, 15) is 10.2 Å². The van der Waals surface area contributed by atoms with E-state index in [1.54, 1.807) is 12.1 Å². The zero-order chi connectivity index (χ0) is 13.2. The highest BCUT2D eigenvalue weighted by Gasteiger charge is 2.11. The molecule has 0 aliphatic carbocycles. The van der Waals surface area contributed by atoms with Crippen molar-refractivity contribution >= 4 is 10.8 Å². The number of phenols is 2. The lowest BCUT2D eigenvalue weighted by molar-refractivity contribution is 0.343. The van der Waals surface area contributed by atoms with Gasteiger partial charge in [-0.3, -0.25) is 0 Å². The Hall–Kier alpha value is -1.74. The second-order valence-electron chi connectivity index (χ2n) is 5.32. The number of phenolic OH excluding ortho intramolecular Hbond substituents is 2. The topological polar surface area (TPSA) is 43.7 Å². The summed E-state index contributed by atoms with van der Waals surface area (Å²) in [5.41, 5.74) is 1.28. The Morgan fingerprint density at radius 1 is 0.895 bits per heavy atom. The van der Waals surface area contributed by atoms with Gasteiger partial charge in [0.1, 0.15) is 0 Å². The van der Waals surface area contributed by atoms with Crippen molar-refractivity contribution in [3.8, 4) is 11.5 Å². The van der Waals surface area contributed by atoms with E-state index in [-0.39, 0.29) is 11.5 Å². The maximum atomic E-state index is 9.55. The van der Waals surface area contributed by atoms with Gasteiger partial charge in [-0.15, -0.1) is 0 Å². The number of rotatable bonds is 3. The summed E-state index contributed by atoms with van der Waals surface area (Å²) in [5.74, 6) is -0.110. The van der Waals surface area contributed by atoms with Crippen LogP contribution in [0, 0.1) is 0 Å². The summed E-state index contributed by atoms with van der Waals surface area (Å²) in [7, 11) is 0. The van der Waals surface area contributed by atoms with Crippen LogP contribution >= 0.6 is 0 Å². The number of hydrogen-bond acceptors (Lipinski definition) is 3. The molecule has 1 saturated heterocycles. The summed E-state index contributed by atoms with van der Waals surface area (Å²) in [4.78, 5) is 2.50. The molecule has 2 aromatic carbocycles. The SMILES string of the molecule is Oc1cc2ccc(CCN3CCCC3)cc2cc1O. The minimum absolute atomic E-state index is 0.0517. The summed E-state index contributed by atoms with van der Waals surface area (Å²) in [5, 5.41) is 21.0. The molecule has 2 aromatic rings. The number of hydrogen-bond donors (Lipinski definition) is 2. The lowest BCUT2D eigenvalue weighted by Gasteiger charge is -2.14. The lowest BCUT2D eigenvalue weighted by atomic mass is 10.0. The molecule has 0 amide bonds. The van der Waals surface area contributed by atoms with Gasteiger partial charge in [-0.2, -0.15) is 0 Å². The van der Waals surface area contributed by atoms with Crippen LogP contribution in [0.5, 0.6) is 11.5 Å². The van der Waals surface area contributed by atoms with E-state index in [0.717, 1.165) is 23.7 Å². The molecule has 1 heterocycles. The van der Waals surface area contributed by atoms with Crippen LogP contribution in [0.1, 0.15) is 18.4 Å². The van der Waals surface area contributed by atoms with Crippen LogP contribution in [0.3, 0.4) is 0 Å². The summed E-state index contributed by atoms with van der Waals surface area (Å²) >= 11 is 0. The molecule has 1 fully saturated rings. The number of nitrogens with zero attached hydrogens (tertiary/aromatic N) is 1. The molecule has 2 N–H and O–H groups in total. The number of likely N-dealkylation sites (tertiary alicyclic amines) is 1. The predicted molar refractivity (Wildman–Crippen MR) is 76.7 cm³/mol. The molecule has 1 aliphatic rings. The lowest BCUT2D eigenvalue weighted by Crippen LogP contribution is -2.21. The van der Waals surface area contributed by atoms with Gasteiger partial charge in [0, 0.05) is 6.54 Å².